The van der Waals surface area contributed by atoms with Gasteiger partial charge in [0.15, 0.2) is 9.84 Å². The molecule has 24 heavy (non-hydrogen) atoms. The van der Waals surface area contributed by atoms with E-state index in [0.29, 0.717) is 17.5 Å². The predicted molar refractivity (Wildman–Crippen MR) is 91.9 cm³/mol. The van der Waals surface area contributed by atoms with Gasteiger partial charge in [-0.25, -0.2) is 8.42 Å². The lowest BCUT2D eigenvalue weighted by molar-refractivity contribution is -0.142. The second kappa shape index (κ2) is 7.79. The Hall–Kier alpha value is -1.89. The maximum Gasteiger partial charge on any atom is 0.308 e. The van der Waals surface area contributed by atoms with Gasteiger partial charge in [-0.3, -0.25) is 9.59 Å². The smallest absolute Gasteiger partial charge is 0.308 e. The maximum absolute atomic E-state index is 12.4. The maximum atomic E-state index is 12.4. The molecule has 1 unspecified atom stereocenters. The summed E-state index contributed by atoms with van der Waals surface area (Å²) in [5.41, 5.74) is 1.62. The second-order valence-electron chi connectivity index (χ2n) is 6.56. The first-order chi connectivity index (χ1) is 10.9. The van der Waals surface area contributed by atoms with Crippen molar-refractivity contribution in [2.45, 2.75) is 39.0 Å². The Labute approximate surface area is 143 Å². The number of rotatable bonds is 7. The molecule has 0 aliphatic rings. The first-order valence-electron chi connectivity index (χ1n) is 7.75. The van der Waals surface area contributed by atoms with Gasteiger partial charge in [0.2, 0.25) is 0 Å². The molecule has 0 spiro atoms. The van der Waals surface area contributed by atoms with Crippen molar-refractivity contribution in [3.8, 4) is 0 Å². The molecular formula is C17H25NO5S. The van der Waals surface area contributed by atoms with Crippen LogP contribution in [0.15, 0.2) is 17.0 Å². The summed E-state index contributed by atoms with van der Waals surface area (Å²) in [5, 5.41) is 11.8. The lowest BCUT2D eigenvalue weighted by Crippen LogP contribution is -2.34. The van der Waals surface area contributed by atoms with Crippen LogP contribution in [-0.4, -0.2) is 38.2 Å². The number of aryl methyl sites for hydroxylation is 1. The van der Waals surface area contributed by atoms with Crippen LogP contribution in [0, 0.1) is 25.7 Å². The van der Waals surface area contributed by atoms with Gasteiger partial charge < -0.3 is 10.4 Å². The normalized spacial score (nSPS) is 12.9. The number of carbonyl (C=O) groups is 2. The minimum atomic E-state index is -3.43. The van der Waals surface area contributed by atoms with Gasteiger partial charge in [0, 0.05) is 18.4 Å². The van der Waals surface area contributed by atoms with Gasteiger partial charge in [-0.15, -0.1) is 0 Å². The van der Waals surface area contributed by atoms with Crippen LogP contribution in [0.3, 0.4) is 0 Å². The van der Waals surface area contributed by atoms with Crippen LogP contribution < -0.4 is 5.32 Å². The van der Waals surface area contributed by atoms with Crippen LogP contribution in [-0.2, 0) is 14.6 Å². The third kappa shape index (κ3) is 5.33. The van der Waals surface area contributed by atoms with Gasteiger partial charge in [-0.2, -0.15) is 0 Å². The molecule has 0 saturated carbocycles. The average Bonchev–Trinajstić information content (AvgIpc) is 2.43. The highest BCUT2D eigenvalue weighted by Gasteiger charge is 2.21. The summed E-state index contributed by atoms with van der Waals surface area (Å²) >= 11 is 0. The highest BCUT2D eigenvalue weighted by atomic mass is 32.2. The molecule has 0 aromatic heterocycles. The van der Waals surface area contributed by atoms with Crippen LogP contribution in [0.5, 0.6) is 0 Å². The van der Waals surface area contributed by atoms with Crippen molar-refractivity contribution in [2.75, 3.05) is 12.8 Å². The molecule has 0 aliphatic carbocycles. The van der Waals surface area contributed by atoms with Crippen molar-refractivity contribution in [3.63, 3.8) is 0 Å². The van der Waals surface area contributed by atoms with Gasteiger partial charge in [0.1, 0.15) is 0 Å². The largest absolute Gasteiger partial charge is 0.481 e. The number of aliphatic carboxylic acids is 1. The SMILES string of the molecule is Cc1cc(S(C)(=O)=O)cc(C(=O)NCC(CC(C)C)C(=O)O)c1C. The molecule has 1 atom stereocenters. The zero-order chi connectivity index (χ0) is 18.7. The summed E-state index contributed by atoms with van der Waals surface area (Å²) in [7, 11) is -3.43. The minimum absolute atomic E-state index is 0.00787. The van der Waals surface area contributed by atoms with E-state index < -0.39 is 27.6 Å². The van der Waals surface area contributed by atoms with E-state index in [-0.39, 0.29) is 22.9 Å². The Balaban J connectivity index is 3.03. The molecule has 1 amide bonds. The molecule has 134 valence electrons. The second-order valence-corrected chi connectivity index (χ2v) is 8.58. The quantitative estimate of drug-likeness (QED) is 0.781. The third-order valence-electron chi connectivity index (χ3n) is 3.93. The summed E-state index contributed by atoms with van der Waals surface area (Å²) < 4.78 is 23.5. The number of carbonyl (C=O) groups excluding carboxylic acids is 1. The fraction of sp³-hybridized carbons (Fsp3) is 0.529. The van der Waals surface area contributed by atoms with Gasteiger partial charge in [0.05, 0.1) is 10.8 Å². The zero-order valence-electron chi connectivity index (χ0n) is 14.7. The summed E-state index contributed by atoms with van der Waals surface area (Å²) in [6.07, 6.45) is 1.54. The number of nitrogens with one attached hydrogen (secondary N) is 1. The molecule has 0 radical (unpaired) electrons. The molecule has 7 heteroatoms. The Morgan fingerprint density at radius 1 is 1.21 bits per heavy atom. The molecule has 0 heterocycles. The van der Waals surface area contributed by atoms with E-state index in [1.54, 1.807) is 13.8 Å². The molecule has 1 aromatic carbocycles. The molecule has 0 bridgehead atoms. The fourth-order valence-corrected chi connectivity index (χ4v) is 3.15. The topological polar surface area (TPSA) is 101 Å². The van der Waals surface area contributed by atoms with E-state index in [1.165, 1.54) is 12.1 Å². The van der Waals surface area contributed by atoms with Gasteiger partial charge in [0.25, 0.3) is 5.91 Å². The average molecular weight is 355 g/mol. The van der Waals surface area contributed by atoms with Gasteiger partial charge in [-0.1, -0.05) is 13.8 Å². The molecule has 1 aromatic rings. The number of carboxylic acid groups (broad SMARTS) is 1. The summed E-state index contributed by atoms with van der Waals surface area (Å²) in [6, 6.07) is 2.87. The van der Waals surface area contributed by atoms with E-state index in [0.717, 1.165) is 6.26 Å². The Kier molecular flexibility index (Phi) is 6.54. The first-order valence-corrected chi connectivity index (χ1v) is 9.65. The van der Waals surface area contributed by atoms with Crippen molar-refractivity contribution in [3.05, 3.63) is 28.8 Å². The van der Waals surface area contributed by atoms with Crippen LogP contribution >= 0.6 is 0 Å². The van der Waals surface area contributed by atoms with Crippen LogP contribution in [0.1, 0.15) is 41.8 Å². The minimum Gasteiger partial charge on any atom is -0.481 e. The number of sulfone groups is 1. The lowest BCUT2D eigenvalue weighted by atomic mass is 9.97. The Morgan fingerprint density at radius 3 is 2.25 bits per heavy atom. The number of carboxylic acids is 1. The number of hydrogen-bond donors (Lipinski definition) is 2. The third-order valence-corrected chi connectivity index (χ3v) is 5.02. The van der Waals surface area contributed by atoms with E-state index in [9.17, 15) is 23.1 Å². The molecule has 0 saturated heterocycles. The van der Waals surface area contributed by atoms with Crippen molar-refractivity contribution < 1.29 is 23.1 Å². The number of hydrogen-bond acceptors (Lipinski definition) is 4. The number of benzene rings is 1. The van der Waals surface area contributed by atoms with Crippen molar-refractivity contribution in [2.24, 2.45) is 11.8 Å². The molecule has 2 N–H and O–H groups in total. The van der Waals surface area contributed by atoms with Gasteiger partial charge >= 0.3 is 5.97 Å². The zero-order valence-corrected chi connectivity index (χ0v) is 15.5. The molecule has 0 fully saturated rings. The van der Waals surface area contributed by atoms with E-state index in [4.69, 9.17) is 0 Å². The Morgan fingerprint density at radius 2 is 1.79 bits per heavy atom. The van der Waals surface area contributed by atoms with E-state index in [1.807, 2.05) is 13.8 Å². The van der Waals surface area contributed by atoms with Gasteiger partial charge in [-0.05, 0) is 49.4 Å². The summed E-state index contributed by atoms with van der Waals surface area (Å²) in [6.45, 7) is 7.31. The predicted octanol–water partition coefficient (Wildman–Crippen LogP) is 2.18. The highest BCUT2D eigenvalue weighted by molar-refractivity contribution is 7.90. The molecule has 1 rings (SSSR count). The Bertz CT molecular complexity index is 738. The monoisotopic (exact) mass is 355 g/mol. The van der Waals surface area contributed by atoms with Crippen molar-refractivity contribution in [1.82, 2.24) is 5.32 Å². The van der Waals surface area contributed by atoms with Crippen LogP contribution in [0.4, 0.5) is 0 Å². The van der Waals surface area contributed by atoms with E-state index >= 15 is 0 Å². The van der Waals surface area contributed by atoms with E-state index in [2.05, 4.69) is 5.32 Å². The summed E-state index contributed by atoms with van der Waals surface area (Å²) in [4.78, 5) is 23.7. The molecule has 0 aliphatic heterocycles. The molecule has 6 nitrogen and oxygen atoms in total. The van der Waals surface area contributed by atoms with Crippen LogP contribution in [0.25, 0.3) is 0 Å². The summed E-state index contributed by atoms with van der Waals surface area (Å²) in [5.74, 6) is -1.90. The molecular weight excluding hydrogens is 330 g/mol. The van der Waals surface area contributed by atoms with Crippen LogP contribution in [0.2, 0.25) is 0 Å². The highest BCUT2D eigenvalue weighted by Crippen LogP contribution is 2.20. The first kappa shape index (κ1) is 20.2. The van der Waals surface area contributed by atoms with Crippen molar-refractivity contribution >= 4 is 21.7 Å². The lowest BCUT2D eigenvalue weighted by Gasteiger charge is -2.17. The van der Waals surface area contributed by atoms with Crippen molar-refractivity contribution in [1.29, 1.82) is 0 Å². The number of amides is 1. The fourth-order valence-electron chi connectivity index (χ4n) is 2.43. The standard InChI is InChI=1S/C17H25NO5S/c1-10(2)6-13(17(20)21)9-18-16(19)15-8-14(24(5,22)23)7-11(3)12(15)4/h7-8,10,13H,6,9H2,1-5H3,(H,18,19)(H,20,21).